The van der Waals surface area contributed by atoms with Crippen LogP contribution in [-0.2, 0) is 0 Å². The molecule has 1 amide bonds. The second kappa shape index (κ2) is 6.23. The van der Waals surface area contributed by atoms with Gasteiger partial charge >= 0.3 is 0 Å². The molecule has 2 aromatic rings. The Hall–Kier alpha value is -1.61. The molecule has 0 heterocycles. The van der Waals surface area contributed by atoms with Gasteiger partial charge in [0.05, 0.1) is 0 Å². The summed E-state index contributed by atoms with van der Waals surface area (Å²) in [6.07, 6.45) is 0. The van der Waals surface area contributed by atoms with Gasteiger partial charge < -0.3 is 4.90 Å². The highest BCUT2D eigenvalue weighted by atomic mass is 35.5. The van der Waals surface area contributed by atoms with Crippen LogP contribution in [0.25, 0.3) is 10.8 Å². The highest BCUT2D eigenvalue weighted by molar-refractivity contribution is 6.18. The summed E-state index contributed by atoms with van der Waals surface area (Å²) in [7, 11) is 0. The van der Waals surface area contributed by atoms with Crippen LogP contribution in [0, 0.1) is 5.82 Å². The lowest BCUT2D eigenvalue weighted by atomic mass is 10.0. The van der Waals surface area contributed by atoms with Gasteiger partial charge in [-0.15, -0.1) is 11.6 Å². The van der Waals surface area contributed by atoms with E-state index in [0.717, 1.165) is 0 Å². The molecule has 20 heavy (non-hydrogen) atoms. The summed E-state index contributed by atoms with van der Waals surface area (Å²) in [5.74, 6) is -0.0503. The van der Waals surface area contributed by atoms with Crippen LogP contribution in [0.2, 0.25) is 0 Å². The van der Waals surface area contributed by atoms with Gasteiger partial charge in [-0.25, -0.2) is 4.39 Å². The molecule has 0 saturated heterocycles. The maximum atomic E-state index is 13.8. The lowest BCUT2D eigenvalue weighted by Crippen LogP contribution is -2.38. The smallest absolute Gasteiger partial charge is 0.254 e. The Balaban J connectivity index is 2.52. The van der Waals surface area contributed by atoms with Crippen LogP contribution in [0.1, 0.15) is 24.2 Å². The van der Waals surface area contributed by atoms with Gasteiger partial charge in [-0.05, 0) is 31.4 Å². The molecule has 0 bridgehead atoms. The molecule has 0 atom stereocenters. The van der Waals surface area contributed by atoms with Crippen LogP contribution in [0.4, 0.5) is 4.39 Å². The molecule has 4 heteroatoms. The maximum absolute atomic E-state index is 13.8. The molecule has 0 spiro atoms. The molecular weight excluding hydrogens is 277 g/mol. The van der Waals surface area contributed by atoms with Crippen LogP contribution in [-0.4, -0.2) is 29.3 Å². The number of hydrogen-bond donors (Lipinski definition) is 0. The van der Waals surface area contributed by atoms with Gasteiger partial charge in [-0.2, -0.15) is 0 Å². The monoisotopic (exact) mass is 293 g/mol. The minimum atomic E-state index is -0.314. The number of hydrogen-bond acceptors (Lipinski definition) is 1. The predicted octanol–water partition coefficient (Wildman–Crippen LogP) is 4.07. The number of carbonyl (C=O) groups excluding carboxylic acids is 1. The summed E-state index contributed by atoms with van der Waals surface area (Å²) in [6, 6.07) is 9.95. The third-order valence-electron chi connectivity index (χ3n) is 3.31. The molecule has 106 valence electrons. The minimum absolute atomic E-state index is 0.0464. The zero-order valence-corrected chi connectivity index (χ0v) is 12.3. The third-order valence-corrected chi connectivity index (χ3v) is 3.48. The van der Waals surface area contributed by atoms with Crippen molar-refractivity contribution in [2.45, 2.75) is 19.9 Å². The van der Waals surface area contributed by atoms with E-state index in [0.29, 0.717) is 28.8 Å². The summed E-state index contributed by atoms with van der Waals surface area (Å²) in [6.45, 7) is 4.36. The van der Waals surface area contributed by atoms with E-state index in [4.69, 9.17) is 11.6 Å². The Kier molecular flexibility index (Phi) is 4.61. The second-order valence-corrected chi connectivity index (χ2v) is 5.30. The molecule has 0 unspecified atom stereocenters. The number of carbonyl (C=O) groups is 1. The van der Waals surface area contributed by atoms with Crippen molar-refractivity contribution in [1.82, 2.24) is 4.90 Å². The highest BCUT2D eigenvalue weighted by Gasteiger charge is 2.20. The van der Waals surface area contributed by atoms with Gasteiger partial charge in [-0.1, -0.05) is 24.3 Å². The van der Waals surface area contributed by atoms with Crippen molar-refractivity contribution >= 4 is 28.3 Å². The molecule has 0 aliphatic carbocycles. The largest absolute Gasteiger partial charge is 0.335 e. The SMILES string of the molecule is CC(C)N(CCCl)C(=O)c1ccc(F)c2ccccc12. The average Bonchev–Trinajstić information content (AvgIpc) is 2.44. The van der Waals surface area contributed by atoms with E-state index >= 15 is 0 Å². The molecular formula is C16H17ClFNO. The van der Waals surface area contributed by atoms with E-state index < -0.39 is 0 Å². The maximum Gasteiger partial charge on any atom is 0.254 e. The zero-order valence-electron chi connectivity index (χ0n) is 11.6. The molecule has 0 fully saturated rings. The molecule has 0 aliphatic heterocycles. The zero-order chi connectivity index (χ0) is 14.7. The standard InChI is InChI=1S/C16H17ClFNO/c1-11(2)19(10-9-17)16(20)14-7-8-15(18)13-6-4-3-5-12(13)14/h3-8,11H,9-10H2,1-2H3. The van der Waals surface area contributed by atoms with E-state index in [2.05, 4.69) is 0 Å². The fourth-order valence-electron chi connectivity index (χ4n) is 2.29. The number of rotatable bonds is 4. The first kappa shape index (κ1) is 14.8. The normalized spacial score (nSPS) is 11.1. The van der Waals surface area contributed by atoms with Crippen molar-refractivity contribution in [2.24, 2.45) is 0 Å². The van der Waals surface area contributed by atoms with E-state index in [1.54, 1.807) is 35.2 Å². The fourth-order valence-corrected chi connectivity index (χ4v) is 2.47. The van der Waals surface area contributed by atoms with E-state index in [-0.39, 0.29) is 17.8 Å². The van der Waals surface area contributed by atoms with Crippen LogP contribution < -0.4 is 0 Å². The Morgan fingerprint density at radius 2 is 1.85 bits per heavy atom. The number of benzene rings is 2. The van der Waals surface area contributed by atoms with Crippen LogP contribution in [0.5, 0.6) is 0 Å². The number of fused-ring (bicyclic) bond motifs is 1. The highest BCUT2D eigenvalue weighted by Crippen LogP contribution is 2.23. The lowest BCUT2D eigenvalue weighted by molar-refractivity contribution is 0.0720. The average molecular weight is 294 g/mol. The van der Waals surface area contributed by atoms with E-state index in [1.807, 2.05) is 13.8 Å². The Morgan fingerprint density at radius 1 is 1.20 bits per heavy atom. The van der Waals surface area contributed by atoms with Gasteiger partial charge in [0, 0.05) is 29.4 Å². The molecule has 0 aromatic heterocycles. The first-order valence-electron chi connectivity index (χ1n) is 6.60. The van der Waals surface area contributed by atoms with Crippen molar-refractivity contribution in [3.63, 3.8) is 0 Å². The van der Waals surface area contributed by atoms with Gasteiger partial charge in [0.15, 0.2) is 0 Å². The van der Waals surface area contributed by atoms with Gasteiger partial charge in [0.25, 0.3) is 5.91 Å². The van der Waals surface area contributed by atoms with Gasteiger partial charge in [0.2, 0.25) is 0 Å². The van der Waals surface area contributed by atoms with Crippen LogP contribution in [0.3, 0.4) is 0 Å². The van der Waals surface area contributed by atoms with Gasteiger partial charge in [-0.3, -0.25) is 4.79 Å². The van der Waals surface area contributed by atoms with Crippen molar-refractivity contribution in [3.8, 4) is 0 Å². The molecule has 2 rings (SSSR count). The number of nitrogens with zero attached hydrogens (tertiary/aromatic N) is 1. The second-order valence-electron chi connectivity index (χ2n) is 4.92. The topological polar surface area (TPSA) is 20.3 Å². The van der Waals surface area contributed by atoms with Crippen molar-refractivity contribution in [2.75, 3.05) is 12.4 Å². The summed E-state index contributed by atoms with van der Waals surface area (Å²) in [5, 5.41) is 1.10. The summed E-state index contributed by atoms with van der Waals surface area (Å²) in [4.78, 5) is 14.3. The summed E-state index contributed by atoms with van der Waals surface area (Å²) >= 11 is 5.76. The first-order valence-corrected chi connectivity index (χ1v) is 7.14. The quantitative estimate of drug-likeness (QED) is 0.778. The molecule has 2 nitrogen and oxygen atoms in total. The van der Waals surface area contributed by atoms with E-state index in [1.165, 1.54) is 6.07 Å². The van der Waals surface area contributed by atoms with Crippen molar-refractivity contribution in [1.29, 1.82) is 0 Å². The molecule has 0 aliphatic rings. The Morgan fingerprint density at radius 3 is 2.45 bits per heavy atom. The molecule has 0 N–H and O–H groups in total. The molecule has 0 saturated carbocycles. The number of amides is 1. The summed E-state index contributed by atoms with van der Waals surface area (Å²) < 4.78 is 13.8. The Bertz CT molecular complexity index is 627. The van der Waals surface area contributed by atoms with Crippen LogP contribution in [0.15, 0.2) is 36.4 Å². The van der Waals surface area contributed by atoms with E-state index in [9.17, 15) is 9.18 Å². The third kappa shape index (κ3) is 2.78. The number of halogens is 2. The first-order chi connectivity index (χ1) is 9.56. The summed E-state index contributed by atoms with van der Waals surface area (Å²) in [5.41, 5.74) is 0.515. The Labute approximate surface area is 123 Å². The van der Waals surface area contributed by atoms with Crippen molar-refractivity contribution in [3.05, 3.63) is 47.8 Å². The minimum Gasteiger partial charge on any atom is -0.335 e. The predicted molar refractivity (Wildman–Crippen MR) is 80.8 cm³/mol. The van der Waals surface area contributed by atoms with Crippen LogP contribution >= 0.6 is 11.6 Å². The number of alkyl halides is 1. The molecule has 0 radical (unpaired) electrons. The van der Waals surface area contributed by atoms with Gasteiger partial charge in [0.1, 0.15) is 5.82 Å². The lowest BCUT2D eigenvalue weighted by Gasteiger charge is -2.26. The fraction of sp³-hybridized carbons (Fsp3) is 0.312. The van der Waals surface area contributed by atoms with Crippen molar-refractivity contribution < 1.29 is 9.18 Å². The molecule has 2 aromatic carbocycles.